The second kappa shape index (κ2) is 9.14. The van der Waals surface area contributed by atoms with Gasteiger partial charge in [-0.15, -0.1) is 0 Å². The van der Waals surface area contributed by atoms with Crippen LogP contribution in [0.15, 0.2) is 29.2 Å². The number of sulfonamides is 1. The van der Waals surface area contributed by atoms with Crippen LogP contribution in [0.1, 0.15) is 59.3 Å². The van der Waals surface area contributed by atoms with Crippen molar-refractivity contribution in [2.45, 2.75) is 70.2 Å². The first kappa shape index (κ1) is 22.2. The van der Waals surface area contributed by atoms with E-state index in [1.54, 1.807) is 24.3 Å². The molecule has 1 aliphatic carbocycles. The Kier molecular flexibility index (Phi) is 7.02. The van der Waals surface area contributed by atoms with Gasteiger partial charge in [0.05, 0.1) is 11.4 Å². The zero-order chi connectivity index (χ0) is 21.1. The maximum Gasteiger partial charge on any atom is 0.243 e. The number of hydrogen-bond donors (Lipinski definition) is 2. The van der Waals surface area contributed by atoms with Crippen molar-refractivity contribution in [3.05, 3.63) is 24.3 Å². The predicted octanol–water partition coefficient (Wildman–Crippen LogP) is 3.60. The molecule has 0 bridgehead atoms. The summed E-state index contributed by atoms with van der Waals surface area (Å²) in [5.41, 5.74) is 0.736. The first-order valence-electron chi connectivity index (χ1n) is 10.8. The van der Waals surface area contributed by atoms with Gasteiger partial charge >= 0.3 is 0 Å². The molecule has 2 N–H and O–H groups in total. The van der Waals surface area contributed by atoms with Crippen LogP contribution in [-0.2, 0) is 14.8 Å². The van der Waals surface area contributed by atoms with Gasteiger partial charge in [-0.05, 0) is 55.2 Å². The Morgan fingerprint density at radius 1 is 1.10 bits per heavy atom. The summed E-state index contributed by atoms with van der Waals surface area (Å²) in [4.78, 5) is 12.7. The van der Waals surface area contributed by atoms with Gasteiger partial charge in [-0.2, -0.15) is 4.31 Å². The molecule has 7 heteroatoms. The SMILES string of the molecule is CC(C)(C)C1CCCCC1NCC(=O)Nc1cccc(S(=O)(=O)N2CCCC2)c1. The summed E-state index contributed by atoms with van der Waals surface area (Å²) in [7, 11) is -3.48. The summed E-state index contributed by atoms with van der Waals surface area (Å²) in [6.07, 6.45) is 6.54. The molecule has 0 radical (unpaired) electrons. The largest absolute Gasteiger partial charge is 0.325 e. The monoisotopic (exact) mass is 421 g/mol. The molecule has 1 amide bonds. The normalized spacial score (nSPS) is 23.8. The number of benzene rings is 1. The molecule has 1 saturated carbocycles. The predicted molar refractivity (Wildman–Crippen MR) is 116 cm³/mol. The minimum absolute atomic E-state index is 0.140. The third kappa shape index (κ3) is 5.58. The molecule has 29 heavy (non-hydrogen) atoms. The van der Waals surface area contributed by atoms with Crippen molar-refractivity contribution in [1.29, 1.82) is 0 Å². The van der Waals surface area contributed by atoms with Gasteiger partial charge in [-0.25, -0.2) is 8.42 Å². The van der Waals surface area contributed by atoms with E-state index in [-0.39, 0.29) is 22.8 Å². The van der Waals surface area contributed by atoms with Crippen molar-refractivity contribution in [3.8, 4) is 0 Å². The Labute approximate surface area is 175 Å². The van der Waals surface area contributed by atoms with Crippen molar-refractivity contribution >= 4 is 21.6 Å². The van der Waals surface area contributed by atoms with Crippen molar-refractivity contribution in [1.82, 2.24) is 9.62 Å². The first-order valence-corrected chi connectivity index (χ1v) is 12.3. The molecule has 1 aromatic rings. The lowest BCUT2D eigenvalue weighted by Gasteiger charge is -2.40. The van der Waals surface area contributed by atoms with Gasteiger partial charge in [0.15, 0.2) is 0 Å². The van der Waals surface area contributed by atoms with Crippen molar-refractivity contribution in [3.63, 3.8) is 0 Å². The second-order valence-corrected chi connectivity index (χ2v) is 11.4. The Balaban J connectivity index is 1.59. The van der Waals surface area contributed by atoms with E-state index in [1.807, 2.05) is 0 Å². The van der Waals surface area contributed by atoms with E-state index < -0.39 is 10.0 Å². The Morgan fingerprint density at radius 3 is 2.48 bits per heavy atom. The minimum Gasteiger partial charge on any atom is -0.325 e. The van der Waals surface area contributed by atoms with E-state index in [4.69, 9.17) is 0 Å². The second-order valence-electron chi connectivity index (χ2n) is 9.43. The smallest absolute Gasteiger partial charge is 0.243 e. The van der Waals surface area contributed by atoms with Gasteiger partial charge in [0.1, 0.15) is 0 Å². The zero-order valence-electron chi connectivity index (χ0n) is 17.9. The molecule has 2 unspecified atom stereocenters. The van der Waals surface area contributed by atoms with E-state index in [0.717, 1.165) is 19.3 Å². The standard InChI is InChI=1S/C22H35N3O3S/c1-22(2,3)19-11-4-5-12-20(19)23-16-21(26)24-17-9-8-10-18(15-17)29(27,28)25-13-6-7-14-25/h8-10,15,19-20,23H,4-7,11-14,16H2,1-3H3,(H,24,26). The van der Waals surface area contributed by atoms with Gasteiger partial charge in [-0.1, -0.05) is 39.7 Å². The van der Waals surface area contributed by atoms with Crippen LogP contribution in [0, 0.1) is 11.3 Å². The third-order valence-electron chi connectivity index (χ3n) is 6.22. The quantitative estimate of drug-likeness (QED) is 0.736. The molecular formula is C22H35N3O3S. The summed E-state index contributed by atoms with van der Waals surface area (Å²) in [5, 5.41) is 6.30. The summed E-state index contributed by atoms with van der Waals surface area (Å²) < 4.78 is 27.0. The number of amides is 1. The lowest BCUT2D eigenvalue weighted by Crippen LogP contribution is -2.46. The van der Waals surface area contributed by atoms with Crippen molar-refractivity contribution < 1.29 is 13.2 Å². The molecule has 1 heterocycles. The Bertz CT molecular complexity index is 811. The highest BCUT2D eigenvalue weighted by molar-refractivity contribution is 7.89. The first-order chi connectivity index (χ1) is 13.7. The molecule has 0 aromatic heterocycles. The van der Waals surface area contributed by atoms with Crippen LogP contribution in [0.5, 0.6) is 0 Å². The highest BCUT2D eigenvalue weighted by Gasteiger charge is 2.34. The fourth-order valence-corrected chi connectivity index (χ4v) is 6.22. The number of nitrogens with zero attached hydrogens (tertiary/aromatic N) is 1. The van der Waals surface area contributed by atoms with Crippen LogP contribution in [0.3, 0.4) is 0 Å². The third-order valence-corrected chi connectivity index (χ3v) is 8.12. The zero-order valence-corrected chi connectivity index (χ0v) is 18.7. The molecular weight excluding hydrogens is 386 g/mol. The Hall–Kier alpha value is -1.44. The van der Waals surface area contributed by atoms with Gasteiger partial charge in [-0.3, -0.25) is 4.79 Å². The van der Waals surface area contributed by atoms with Crippen LogP contribution >= 0.6 is 0 Å². The maximum atomic E-state index is 12.7. The fourth-order valence-electron chi connectivity index (χ4n) is 4.65. The van der Waals surface area contributed by atoms with Gasteiger partial charge < -0.3 is 10.6 Å². The molecule has 3 rings (SSSR count). The van der Waals surface area contributed by atoms with Crippen molar-refractivity contribution in [2.75, 3.05) is 25.0 Å². The van der Waals surface area contributed by atoms with Crippen molar-refractivity contribution in [2.24, 2.45) is 11.3 Å². The molecule has 162 valence electrons. The van der Waals surface area contributed by atoms with Crippen LogP contribution in [0.25, 0.3) is 0 Å². The van der Waals surface area contributed by atoms with Crippen LogP contribution in [-0.4, -0.2) is 44.3 Å². The summed E-state index contributed by atoms with van der Waals surface area (Å²) >= 11 is 0. The van der Waals surface area contributed by atoms with Gasteiger partial charge in [0.25, 0.3) is 0 Å². The number of carbonyl (C=O) groups is 1. The average molecular weight is 422 g/mol. The number of hydrogen-bond acceptors (Lipinski definition) is 4. The average Bonchev–Trinajstić information content (AvgIpc) is 3.22. The van der Waals surface area contributed by atoms with E-state index in [9.17, 15) is 13.2 Å². The molecule has 2 aliphatic rings. The lowest BCUT2D eigenvalue weighted by atomic mass is 9.69. The molecule has 6 nitrogen and oxygen atoms in total. The molecule has 2 fully saturated rings. The minimum atomic E-state index is -3.48. The number of carbonyl (C=O) groups excluding carboxylic acids is 1. The summed E-state index contributed by atoms with van der Waals surface area (Å²) in [6.45, 7) is 8.18. The van der Waals surface area contributed by atoms with Crippen LogP contribution < -0.4 is 10.6 Å². The molecule has 1 saturated heterocycles. The van der Waals surface area contributed by atoms with E-state index in [0.29, 0.717) is 30.7 Å². The highest BCUT2D eigenvalue weighted by atomic mass is 32.2. The van der Waals surface area contributed by atoms with Gasteiger partial charge in [0, 0.05) is 24.8 Å². The lowest BCUT2D eigenvalue weighted by molar-refractivity contribution is -0.115. The molecule has 1 aromatic carbocycles. The number of nitrogens with one attached hydrogen (secondary N) is 2. The number of anilines is 1. The summed E-state index contributed by atoms with van der Waals surface area (Å²) in [5.74, 6) is 0.414. The van der Waals surface area contributed by atoms with E-state index in [2.05, 4.69) is 31.4 Å². The molecule has 0 spiro atoms. The molecule has 2 atom stereocenters. The van der Waals surface area contributed by atoms with Crippen LogP contribution in [0.2, 0.25) is 0 Å². The topological polar surface area (TPSA) is 78.5 Å². The molecule has 1 aliphatic heterocycles. The maximum absolute atomic E-state index is 12.7. The van der Waals surface area contributed by atoms with Gasteiger partial charge in [0.2, 0.25) is 15.9 Å². The van der Waals surface area contributed by atoms with E-state index in [1.165, 1.54) is 23.6 Å². The highest BCUT2D eigenvalue weighted by Crippen LogP contribution is 2.37. The fraction of sp³-hybridized carbons (Fsp3) is 0.682. The van der Waals surface area contributed by atoms with E-state index >= 15 is 0 Å². The Morgan fingerprint density at radius 2 is 1.79 bits per heavy atom. The summed E-state index contributed by atoms with van der Waals surface area (Å²) in [6, 6.07) is 6.92. The van der Waals surface area contributed by atoms with Crippen LogP contribution in [0.4, 0.5) is 5.69 Å². The number of rotatable bonds is 6.